The molecule has 1 aliphatic rings. The molecule has 29 heavy (non-hydrogen) atoms. The summed E-state index contributed by atoms with van der Waals surface area (Å²) in [4.78, 5) is 12.9. The quantitative estimate of drug-likeness (QED) is 0.519. The van der Waals surface area contributed by atoms with Crippen LogP contribution in [0.2, 0.25) is 0 Å². The number of fused-ring (bicyclic) bond motifs is 1. The zero-order valence-corrected chi connectivity index (χ0v) is 16.9. The van der Waals surface area contributed by atoms with Gasteiger partial charge in [0.05, 0.1) is 5.56 Å². The molecule has 0 radical (unpaired) electrons. The van der Waals surface area contributed by atoms with E-state index >= 15 is 0 Å². The van der Waals surface area contributed by atoms with E-state index in [0.717, 1.165) is 11.1 Å². The summed E-state index contributed by atoms with van der Waals surface area (Å²) >= 11 is 0. The van der Waals surface area contributed by atoms with Crippen LogP contribution in [0.3, 0.4) is 0 Å². The van der Waals surface area contributed by atoms with Gasteiger partial charge in [0.15, 0.2) is 0 Å². The SMILES string of the molecule is Cc1oc2ccc(-c3ccc(C4CC4)cc3)cc2c1C(=O)NC(C)(C)CC(F)F. The van der Waals surface area contributed by atoms with Crippen molar-refractivity contribution in [3.8, 4) is 11.1 Å². The van der Waals surface area contributed by atoms with E-state index in [0.29, 0.717) is 28.2 Å². The zero-order valence-electron chi connectivity index (χ0n) is 16.9. The van der Waals surface area contributed by atoms with Gasteiger partial charge in [0.1, 0.15) is 11.3 Å². The van der Waals surface area contributed by atoms with Gasteiger partial charge in [-0.3, -0.25) is 4.79 Å². The van der Waals surface area contributed by atoms with Crippen LogP contribution in [0, 0.1) is 6.92 Å². The number of benzene rings is 2. The molecule has 1 aromatic heterocycles. The molecule has 152 valence electrons. The van der Waals surface area contributed by atoms with E-state index in [1.807, 2.05) is 18.2 Å². The highest BCUT2D eigenvalue weighted by molar-refractivity contribution is 6.08. The second kappa shape index (κ2) is 7.29. The van der Waals surface area contributed by atoms with Gasteiger partial charge in [-0.2, -0.15) is 0 Å². The van der Waals surface area contributed by atoms with E-state index in [4.69, 9.17) is 4.42 Å². The Morgan fingerprint density at radius 3 is 2.41 bits per heavy atom. The average molecular weight is 397 g/mol. The monoisotopic (exact) mass is 397 g/mol. The first-order valence-electron chi connectivity index (χ1n) is 9.98. The summed E-state index contributed by atoms with van der Waals surface area (Å²) in [7, 11) is 0. The molecule has 3 nitrogen and oxygen atoms in total. The molecule has 1 aliphatic carbocycles. The van der Waals surface area contributed by atoms with Gasteiger partial charge >= 0.3 is 0 Å². The molecule has 5 heteroatoms. The Morgan fingerprint density at radius 2 is 1.79 bits per heavy atom. The molecular formula is C24H25F2NO2. The lowest BCUT2D eigenvalue weighted by atomic mass is 9.98. The number of aryl methyl sites for hydroxylation is 1. The van der Waals surface area contributed by atoms with Crippen LogP contribution in [0.1, 0.15) is 60.7 Å². The minimum atomic E-state index is -2.49. The van der Waals surface area contributed by atoms with Crippen LogP contribution < -0.4 is 5.32 Å². The van der Waals surface area contributed by atoms with Crippen molar-refractivity contribution < 1.29 is 18.0 Å². The Bertz CT molecular complexity index is 1050. The van der Waals surface area contributed by atoms with Crippen LogP contribution >= 0.6 is 0 Å². The van der Waals surface area contributed by atoms with E-state index < -0.39 is 24.3 Å². The van der Waals surface area contributed by atoms with E-state index in [9.17, 15) is 13.6 Å². The number of furan rings is 1. The maximum Gasteiger partial charge on any atom is 0.255 e. The number of hydrogen-bond acceptors (Lipinski definition) is 2. The lowest BCUT2D eigenvalue weighted by Gasteiger charge is -2.25. The summed E-state index contributed by atoms with van der Waals surface area (Å²) in [5.41, 5.74) is 3.42. The molecule has 4 rings (SSSR count). The van der Waals surface area contributed by atoms with Crippen molar-refractivity contribution in [2.24, 2.45) is 0 Å². The van der Waals surface area contributed by atoms with Crippen molar-refractivity contribution in [2.45, 2.75) is 57.9 Å². The van der Waals surface area contributed by atoms with Gasteiger partial charge in [-0.15, -0.1) is 0 Å². The lowest BCUT2D eigenvalue weighted by molar-refractivity contribution is 0.0800. The van der Waals surface area contributed by atoms with E-state index in [1.54, 1.807) is 20.8 Å². The second-order valence-electron chi connectivity index (χ2n) is 8.57. The number of alkyl halides is 2. The fourth-order valence-corrected chi connectivity index (χ4v) is 3.85. The molecule has 3 aromatic rings. The van der Waals surface area contributed by atoms with E-state index in [1.165, 1.54) is 18.4 Å². The van der Waals surface area contributed by atoms with Gasteiger partial charge in [-0.1, -0.05) is 30.3 Å². The molecule has 1 heterocycles. The zero-order chi connectivity index (χ0) is 20.8. The van der Waals surface area contributed by atoms with Crippen molar-refractivity contribution >= 4 is 16.9 Å². The van der Waals surface area contributed by atoms with Crippen molar-refractivity contribution in [3.05, 3.63) is 59.4 Å². The Labute approximate surface area is 169 Å². The van der Waals surface area contributed by atoms with Gasteiger partial charge in [0.2, 0.25) is 6.43 Å². The third kappa shape index (κ3) is 4.19. The van der Waals surface area contributed by atoms with Crippen LogP contribution in [0.5, 0.6) is 0 Å². The first kappa shape index (κ1) is 19.6. The normalized spacial score (nSPS) is 14.6. The van der Waals surface area contributed by atoms with Crippen molar-refractivity contribution in [2.75, 3.05) is 0 Å². The number of carbonyl (C=O) groups is 1. The number of carbonyl (C=O) groups excluding carboxylic acids is 1. The highest BCUT2D eigenvalue weighted by Crippen LogP contribution is 2.40. The summed E-state index contributed by atoms with van der Waals surface area (Å²) < 4.78 is 31.4. The number of nitrogens with one attached hydrogen (secondary N) is 1. The molecule has 1 saturated carbocycles. The van der Waals surface area contributed by atoms with Gasteiger partial charge in [0.25, 0.3) is 5.91 Å². The fourth-order valence-electron chi connectivity index (χ4n) is 3.85. The number of rotatable bonds is 6. The Hall–Kier alpha value is -2.69. The number of hydrogen-bond donors (Lipinski definition) is 1. The van der Waals surface area contributed by atoms with Crippen molar-refractivity contribution in [3.63, 3.8) is 0 Å². The molecule has 0 unspecified atom stereocenters. The molecule has 2 aromatic carbocycles. The highest BCUT2D eigenvalue weighted by Gasteiger charge is 2.28. The number of amides is 1. The molecule has 0 atom stereocenters. The highest BCUT2D eigenvalue weighted by atomic mass is 19.3. The predicted molar refractivity (Wildman–Crippen MR) is 111 cm³/mol. The van der Waals surface area contributed by atoms with Gasteiger partial charge < -0.3 is 9.73 Å². The summed E-state index contributed by atoms with van der Waals surface area (Å²) in [6.45, 7) is 4.92. The van der Waals surface area contributed by atoms with Gasteiger partial charge in [-0.05, 0) is 68.4 Å². The lowest BCUT2D eigenvalue weighted by Crippen LogP contribution is -2.44. The summed E-state index contributed by atoms with van der Waals surface area (Å²) in [6, 6.07) is 14.3. The standard InChI is InChI=1S/C24H25F2NO2/c1-14-22(23(28)27-24(2,3)13-21(25)26)19-12-18(10-11-20(19)29-14)17-8-6-16(7-9-17)15-4-5-15/h6-12,15,21H,4-5,13H2,1-3H3,(H,27,28). The summed E-state index contributed by atoms with van der Waals surface area (Å²) in [6.07, 6.45) is -0.371. The average Bonchev–Trinajstić information content (AvgIpc) is 3.42. The smallest absolute Gasteiger partial charge is 0.255 e. The Morgan fingerprint density at radius 1 is 1.14 bits per heavy atom. The fraction of sp³-hybridized carbons (Fsp3) is 0.375. The van der Waals surface area contributed by atoms with Crippen LogP contribution in [-0.2, 0) is 0 Å². The Kier molecular flexibility index (Phi) is 4.93. The maximum absolute atomic E-state index is 12.9. The first-order chi connectivity index (χ1) is 13.7. The first-order valence-corrected chi connectivity index (χ1v) is 9.98. The molecule has 0 aliphatic heterocycles. The molecular weight excluding hydrogens is 372 g/mol. The summed E-state index contributed by atoms with van der Waals surface area (Å²) in [5, 5.41) is 3.42. The molecule has 0 saturated heterocycles. The van der Waals surface area contributed by atoms with Crippen LogP contribution in [0.4, 0.5) is 8.78 Å². The van der Waals surface area contributed by atoms with Crippen molar-refractivity contribution in [1.82, 2.24) is 5.32 Å². The Balaban J connectivity index is 1.66. The third-order valence-corrected chi connectivity index (χ3v) is 5.50. The van der Waals surface area contributed by atoms with Crippen LogP contribution in [-0.4, -0.2) is 17.9 Å². The van der Waals surface area contributed by atoms with Gasteiger partial charge in [0, 0.05) is 17.3 Å². The molecule has 1 amide bonds. The third-order valence-electron chi connectivity index (χ3n) is 5.50. The summed E-state index contributed by atoms with van der Waals surface area (Å²) in [5.74, 6) is 0.787. The van der Waals surface area contributed by atoms with Gasteiger partial charge in [-0.25, -0.2) is 8.78 Å². The molecule has 1 fully saturated rings. The molecule has 0 spiro atoms. The second-order valence-corrected chi connectivity index (χ2v) is 8.57. The van der Waals surface area contributed by atoms with E-state index in [-0.39, 0.29) is 0 Å². The van der Waals surface area contributed by atoms with E-state index in [2.05, 4.69) is 29.6 Å². The molecule has 1 N–H and O–H groups in total. The minimum Gasteiger partial charge on any atom is -0.461 e. The largest absolute Gasteiger partial charge is 0.461 e. The maximum atomic E-state index is 12.9. The topological polar surface area (TPSA) is 42.2 Å². The van der Waals surface area contributed by atoms with Crippen LogP contribution in [0.25, 0.3) is 22.1 Å². The molecule has 0 bridgehead atoms. The predicted octanol–water partition coefficient (Wildman–Crippen LogP) is 6.45. The van der Waals surface area contributed by atoms with Crippen LogP contribution in [0.15, 0.2) is 46.9 Å². The van der Waals surface area contributed by atoms with Crippen molar-refractivity contribution in [1.29, 1.82) is 0 Å². The minimum absolute atomic E-state index is 0.395. The number of halogens is 2.